The molecule has 1 N–H and O–H groups in total. The van der Waals surface area contributed by atoms with Crippen LogP contribution < -0.4 is 10.1 Å². The number of amides is 1. The van der Waals surface area contributed by atoms with Gasteiger partial charge in [0.25, 0.3) is 5.91 Å². The molecule has 0 saturated carbocycles. The topological polar surface area (TPSA) is 41.6 Å². The van der Waals surface area contributed by atoms with E-state index in [1.807, 2.05) is 11.8 Å². The predicted octanol–water partition coefficient (Wildman–Crippen LogP) is 3.19. The van der Waals surface area contributed by atoms with E-state index in [1.165, 1.54) is 6.07 Å². The minimum absolute atomic E-state index is 0.0253. The molecule has 4 nitrogen and oxygen atoms in total. The van der Waals surface area contributed by atoms with Crippen molar-refractivity contribution in [3.63, 3.8) is 0 Å². The Morgan fingerprint density at radius 1 is 1.12 bits per heavy atom. The van der Waals surface area contributed by atoms with Gasteiger partial charge in [-0.05, 0) is 43.3 Å². The Kier molecular flexibility index (Phi) is 4.76. The Bertz CT molecular complexity index is 734. The van der Waals surface area contributed by atoms with E-state index in [2.05, 4.69) is 5.32 Å². The number of rotatable bonds is 3. The van der Waals surface area contributed by atoms with Crippen LogP contribution in [0.25, 0.3) is 0 Å². The smallest absolute Gasteiger partial charge is 0.253 e. The van der Waals surface area contributed by atoms with Crippen molar-refractivity contribution in [2.24, 2.45) is 0 Å². The van der Waals surface area contributed by atoms with Crippen molar-refractivity contribution in [3.8, 4) is 11.5 Å². The molecule has 2 aromatic carbocycles. The fourth-order valence-electron chi connectivity index (χ4n) is 2.64. The van der Waals surface area contributed by atoms with E-state index in [9.17, 15) is 13.6 Å². The van der Waals surface area contributed by atoms with Gasteiger partial charge in [-0.15, -0.1) is 0 Å². The van der Waals surface area contributed by atoms with Crippen LogP contribution >= 0.6 is 0 Å². The zero-order valence-corrected chi connectivity index (χ0v) is 13.3. The number of nitrogens with zero attached hydrogens (tertiary/aromatic N) is 1. The third-order valence-electron chi connectivity index (χ3n) is 3.88. The van der Waals surface area contributed by atoms with E-state index in [-0.39, 0.29) is 17.7 Å². The SMILES string of the molecule is CC1CN(C(=O)c2ccc(Oc3ccc(F)c(F)c3)cc2)CCN1. The van der Waals surface area contributed by atoms with E-state index in [0.29, 0.717) is 24.4 Å². The number of ether oxygens (including phenoxy) is 1. The number of halogens is 2. The van der Waals surface area contributed by atoms with Gasteiger partial charge in [0.1, 0.15) is 11.5 Å². The van der Waals surface area contributed by atoms with Crippen molar-refractivity contribution in [1.29, 1.82) is 0 Å². The third-order valence-corrected chi connectivity index (χ3v) is 3.88. The first-order valence-corrected chi connectivity index (χ1v) is 7.78. The summed E-state index contributed by atoms with van der Waals surface area (Å²) in [5.74, 6) is -1.27. The van der Waals surface area contributed by atoms with Crippen molar-refractivity contribution in [1.82, 2.24) is 10.2 Å². The summed E-state index contributed by atoms with van der Waals surface area (Å²) in [7, 11) is 0. The van der Waals surface area contributed by atoms with Gasteiger partial charge in [-0.2, -0.15) is 0 Å². The average Bonchev–Trinajstić information content (AvgIpc) is 2.58. The number of carbonyl (C=O) groups excluding carboxylic acids is 1. The molecule has 0 radical (unpaired) electrons. The molecule has 1 atom stereocenters. The third kappa shape index (κ3) is 3.71. The summed E-state index contributed by atoms with van der Waals surface area (Å²) in [5, 5.41) is 3.29. The van der Waals surface area contributed by atoms with Crippen LogP contribution in [0.15, 0.2) is 42.5 Å². The van der Waals surface area contributed by atoms with Gasteiger partial charge in [0.05, 0.1) is 0 Å². The van der Waals surface area contributed by atoms with Crippen LogP contribution in [0, 0.1) is 11.6 Å². The van der Waals surface area contributed by atoms with Crippen LogP contribution in [0.2, 0.25) is 0 Å². The second kappa shape index (κ2) is 6.97. The number of benzene rings is 2. The van der Waals surface area contributed by atoms with Crippen LogP contribution in [0.4, 0.5) is 8.78 Å². The lowest BCUT2D eigenvalue weighted by Crippen LogP contribution is -2.51. The average molecular weight is 332 g/mol. The van der Waals surface area contributed by atoms with Crippen molar-refractivity contribution in [2.45, 2.75) is 13.0 Å². The van der Waals surface area contributed by atoms with Gasteiger partial charge >= 0.3 is 0 Å². The molecule has 0 aliphatic carbocycles. The molecular weight excluding hydrogens is 314 g/mol. The molecule has 0 bridgehead atoms. The van der Waals surface area contributed by atoms with Gasteiger partial charge in [-0.25, -0.2) is 8.78 Å². The normalized spacial score (nSPS) is 17.6. The summed E-state index contributed by atoms with van der Waals surface area (Å²) >= 11 is 0. The molecule has 126 valence electrons. The second-order valence-electron chi connectivity index (χ2n) is 5.81. The highest BCUT2D eigenvalue weighted by Gasteiger charge is 2.21. The number of carbonyl (C=O) groups is 1. The first-order chi connectivity index (χ1) is 11.5. The van der Waals surface area contributed by atoms with Crippen LogP contribution in [0.5, 0.6) is 11.5 Å². The lowest BCUT2D eigenvalue weighted by Gasteiger charge is -2.32. The zero-order chi connectivity index (χ0) is 17.1. The monoisotopic (exact) mass is 332 g/mol. The van der Waals surface area contributed by atoms with Gasteiger partial charge in [0, 0.05) is 37.3 Å². The molecule has 1 aliphatic rings. The molecule has 1 saturated heterocycles. The second-order valence-corrected chi connectivity index (χ2v) is 5.81. The summed E-state index contributed by atoms with van der Waals surface area (Å²) in [6.45, 7) is 4.17. The highest BCUT2D eigenvalue weighted by molar-refractivity contribution is 5.94. The van der Waals surface area contributed by atoms with E-state index < -0.39 is 11.6 Å². The highest BCUT2D eigenvalue weighted by Crippen LogP contribution is 2.23. The first-order valence-electron chi connectivity index (χ1n) is 7.78. The summed E-state index contributed by atoms with van der Waals surface area (Å²) in [6.07, 6.45) is 0. The Balaban J connectivity index is 1.68. The molecular formula is C18H18F2N2O2. The molecule has 1 fully saturated rings. The zero-order valence-electron chi connectivity index (χ0n) is 13.3. The fraction of sp³-hybridized carbons (Fsp3) is 0.278. The molecule has 24 heavy (non-hydrogen) atoms. The molecule has 3 rings (SSSR count). The number of piperazine rings is 1. The number of nitrogens with one attached hydrogen (secondary N) is 1. The quantitative estimate of drug-likeness (QED) is 0.938. The molecule has 2 aromatic rings. The Morgan fingerprint density at radius 3 is 2.50 bits per heavy atom. The molecule has 0 spiro atoms. The maximum Gasteiger partial charge on any atom is 0.253 e. The molecule has 6 heteroatoms. The largest absolute Gasteiger partial charge is 0.457 e. The van der Waals surface area contributed by atoms with Crippen LogP contribution in [-0.4, -0.2) is 36.5 Å². The van der Waals surface area contributed by atoms with Gasteiger partial charge in [-0.3, -0.25) is 4.79 Å². The van der Waals surface area contributed by atoms with E-state index in [0.717, 1.165) is 18.7 Å². The van der Waals surface area contributed by atoms with Gasteiger partial charge in [0.15, 0.2) is 11.6 Å². The summed E-state index contributed by atoms with van der Waals surface area (Å²) < 4.78 is 31.6. The van der Waals surface area contributed by atoms with Crippen molar-refractivity contribution in [2.75, 3.05) is 19.6 Å². The summed E-state index contributed by atoms with van der Waals surface area (Å²) in [6, 6.07) is 10.2. The Labute approximate surface area is 139 Å². The summed E-state index contributed by atoms with van der Waals surface area (Å²) in [4.78, 5) is 14.3. The summed E-state index contributed by atoms with van der Waals surface area (Å²) in [5.41, 5.74) is 0.571. The predicted molar refractivity (Wildman–Crippen MR) is 86.2 cm³/mol. The maximum atomic E-state index is 13.2. The molecule has 1 unspecified atom stereocenters. The van der Waals surface area contributed by atoms with E-state index >= 15 is 0 Å². The standard InChI is InChI=1S/C18H18F2N2O2/c1-12-11-22(9-8-21-12)18(23)13-2-4-14(5-3-13)24-15-6-7-16(19)17(20)10-15/h2-7,10,12,21H,8-9,11H2,1H3. The van der Waals surface area contributed by atoms with Crippen LogP contribution in [0.1, 0.15) is 17.3 Å². The lowest BCUT2D eigenvalue weighted by molar-refractivity contribution is 0.0709. The number of hydrogen-bond acceptors (Lipinski definition) is 3. The molecule has 1 heterocycles. The highest BCUT2D eigenvalue weighted by atomic mass is 19.2. The Morgan fingerprint density at radius 2 is 1.83 bits per heavy atom. The number of hydrogen-bond donors (Lipinski definition) is 1. The minimum Gasteiger partial charge on any atom is -0.457 e. The van der Waals surface area contributed by atoms with Crippen molar-refractivity contribution < 1.29 is 18.3 Å². The fourth-order valence-corrected chi connectivity index (χ4v) is 2.64. The van der Waals surface area contributed by atoms with E-state index in [1.54, 1.807) is 24.3 Å². The van der Waals surface area contributed by atoms with E-state index in [4.69, 9.17) is 4.74 Å². The van der Waals surface area contributed by atoms with Crippen molar-refractivity contribution >= 4 is 5.91 Å². The van der Waals surface area contributed by atoms with Crippen LogP contribution in [-0.2, 0) is 0 Å². The lowest BCUT2D eigenvalue weighted by atomic mass is 10.1. The molecule has 0 aromatic heterocycles. The molecule has 1 aliphatic heterocycles. The van der Waals surface area contributed by atoms with Crippen LogP contribution in [0.3, 0.4) is 0 Å². The van der Waals surface area contributed by atoms with Gasteiger partial charge in [0.2, 0.25) is 0 Å². The minimum atomic E-state index is -0.966. The first kappa shape index (κ1) is 16.4. The van der Waals surface area contributed by atoms with Gasteiger partial charge < -0.3 is 15.0 Å². The van der Waals surface area contributed by atoms with Gasteiger partial charge in [-0.1, -0.05) is 0 Å². The van der Waals surface area contributed by atoms with Crippen molar-refractivity contribution in [3.05, 3.63) is 59.7 Å². The Hall–Kier alpha value is -2.47. The maximum absolute atomic E-state index is 13.2. The molecule has 1 amide bonds.